The van der Waals surface area contributed by atoms with Gasteiger partial charge in [0.15, 0.2) is 0 Å². The lowest BCUT2D eigenvalue weighted by Gasteiger charge is -2.18. The highest BCUT2D eigenvalue weighted by atomic mass is 16.6. The van der Waals surface area contributed by atoms with Crippen molar-refractivity contribution in [2.24, 2.45) is 11.8 Å². The number of hydrogen-bond donors (Lipinski definition) is 2. The molecule has 0 rings (SSSR count). The zero-order valence-corrected chi connectivity index (χ0v) is 11.0. The lowest BCUT2D eigenvalue weighted by molar-refractivity contribution is -0.138. The highest BCUT2D eigenvalue weighted by Crippen LogP contribution is 2.14. The van der Waals surface area contributed by atoms with Gasteiger partial charge in [-0.3, -0.25) is 4.79 Å². The molecule has 0 aromatic rings. The maximum Gasteiger partial charge on any atom is 0.407 e. The van der Waals surface area contributed by atoms with Gasteiger partial charge in [-0.2, -0.15) is 0 Å². The van der Waals surface area contributed by atoms with Crippen molar-refractivity contribution in [2.45, 2.75) is 46.6 Å². The summed E-state index contributed by atoms with van der Waals surface area (Å²) in [4.78, 5) is 21.9. The van der Waals surface area contributed by atoms with Gasteiger partial charge in [0.2, 0.25) is 0 Å². The first-order chi connectivity index (χ1) is 7.81. The van der Waals surface area contributed by atoms with Crippen molar-refractivity contribution in [1.29, 1.82) is 0 Å². The number of aliphatic carboxylic acids is 1. The second-order valence-electron chi connectivity index (χ2n) is 4.93. The molecule has 1 amide bonds. The van der Waals surface area contributed by atoms with E-state index in [1.165, 1.54) is 0 Å². The highest BCUT2D eigenvalue weighted by Gasteiger charge is 2.16. The fraction of sp³-hybridized carbons (Fsp3) is 0.833. The molecule has 0 saturated heterocycles. The SMILES string of the molecule is CC(C)CC(CNC(=O)OC(C)C)CC(=O)O. The number of ether oxygens (including phenoxy) is 1. The van der Waals surface area contributed by atoms with Gasteiger partial charge >= 0.3 is 12.1 Å². The van der Waals surface area contributed by atoms with Crippen LogP contribution in [0.5, 0.6) is 0 Å². The van der Waals surface area contributed by atoms with Crippen LogP contribution in [0.15, 0.2) is 0 Å². The predicted octanol–water partition coefficient (Wildman–Crippen LogP) is 2.26. The molecule has 0 saturated carbocycles. The van der Waals surface area contributed by atoms with Crippen LogP contribution in [0.2, 0.25) is 0 Å². The largest absolute Gasteiger partial charge is 0.481 e. The Morgan fingerprint density at radius 3 is 2.24 bits per heavy atom. The van der Waals surface area contributed by atoms with E-state index in [0.717, 1.165) is 6.42 Å². The molecule has 1 unspecified atom stereocenters. The Balaban J connectivity index is 4.06. The molecule has 1 atom stereocenters. The summed E-state index contributed by atoms with van der Waals surface area (Å²) < 4.78 is 4.91. The van der Waals surface area contributed by atoms with E-state index >= 15 is 0 Å². The van der Waals surface area contributed by atoms with Crippen LogP contribution in [0.3, 0.4) is 0 Å². The van der Waals surface area contributed by atoms with Gasteiger partial charge in [0.05, 0.1) is 6.10 Å². The summed E-state index contributed by atoms with van der Waals surface area (Å²) in [7, 11) is 0. The molecule has 0 spiro atoms. The molecule has 5 nitrogen and oxygen atoms in total. The fourth-order valence-electron chi connectivity index (χ4n) is 1.64. The first-order valence-electron chi connectivity index (χ1n) is 5.97. The van der Waals surface area contributed by atoms with Gasteiger partial charge in [0, 0.05) is 13.0 Å². The molecule has 100 valence electrons. The molecule has 0 aromatic carbocycles. The molecule has 2 N–H and O–H groups in total. The number of carbonyl (C=O) groups excluding carboxylic acids is 1. The zero-order valence-electron chi connectivity index (χ0n) is 11.0. The van der Waals surface area contributed by atoms with E-state index in [-0.39, 0.29) is 18.4 Å². The second kappa shape index (κ2) is 7.92. The van der Waals surface area contributed by atoms with Gasteiger partial charge in [-0.05, 0) is 32.1 Å². The van der Waals surface area contributed by atoms with Gasteiger partial charge in [-0.15, -0.1) is 0 Å². The summed E-state index contributed by atoms with van der Waals surface area (Å²) in [6.07, 6.45) is 0.186. The first kappa shape index (κ1) is 15.7. The van der Waals surface area contributed by atoms with Gasteiger partial charge in [-0.25, -0.2) is 4.79 Å². The number of carbonyl (C=O) groups is 2. The van der Waals surface area contributed by atoms with Crippen LogP contribution in [0.25, 0.3) is 0 Å². The van der Waals surface area contributed by atoms with Crippen LogP contribution in [0, 0.1) is 11.8 Å². The monoisotopic (exact) mass is 245 g/mol. The number of alkyl carbamates (subject to hydrolysis) is 1. The molecule has 0 bridgehead atoms. The maximum atomic E-state index is 11.2. The van der Waals surface area contributed by atoms with Crippen LogP contribution >= 0.6 is 0 Å². The zero-order chi connectivity index (χ0) is 13.4. The van der Waals surface area contributed by atoms with Crippen molar-refractivity contribution in [2.75, 3.05) is 6.54 Å². The van der Waals surface area contributed by atoms with Crippen molar-refractivity contribution in [3.8, 4) is 0 Å². The number of amides is 1. The van der Waals surface area contributed by atoms with E-state index in [1.54, 1.807) is 13.8 Å². The second-order valence-corrected chi connectivity index (χ2v) is 4.93. The molecular weight excluding hydrogens is 222 g/mol. The van der Waals surface area contributed by atoms with E-state index in [4.69, 9.17) is 9.84 Å². The Kier molecular flexibility index (Phi) is 7.34. The van der Waals surface area contributed by atoms with Crippen molar-refractivity contribution in [3.05, 3.63) is 0 Å². The van der Waals surface area contributed by atoms with E-state index in [9.17, 15) is 9.59 Å². The Morgan fingerprint density at radius 2 is 1.82 bits per heavy atom. The standard InChI is InChI=1S/C12H23NO4/c1-8(2)5-10(6-11(14)15)7-13-12(16)17-9(3)4/h8-10H,5-7H2,1-4H3,(H,13,16)(H,14,15). The Hall–Kier alpha value is -1.26. The molecule has 0 aromatic heterocycles. The quantitative estimate of drug-likeness (QED) is 0.721. The third-order valence-corrected chi connectivity index (χ3v) is 2.15. The average molecular weight is 245 g/mol. The van der Waals surface area contributed by atoms with Crippen LogP contribution in [-0.2, 0) is 9.53 Å². The fourth-order valence-corrected chi connectivity index (χ4v) is 1.64. The summed E-state index contributed by atoms with van der Waals surface area (Å²) in [5.41, 5.74) is 0. The van der Waals surface area contributed by atoms with Crippen molar-refractivity contribution in [3.63, 3.8) is 0 Å². The number of rotatable bonds is 7. The number of carboxylic acid groups (broad SMARTS) is 1. The van der Waals surface area contributed by atoms with Crippen LogP contribution < -0.4 is 5.32 Å². The third kappa shape index (κ3) is 9.66. The summed E-state index contributed by atoms with van der Waals surface area (Å²) in [5.74, 6) is -0.482. The third-order valence-electron chi connectivity index (χ3n) is 2.15. The Labute approximate surface area is 103 Å². The lowest BCUT2D eigenvalue weighted by atomic mass is 9.94. The number of nitrogens with one attached hydrogen (secondary N) is 1. The molecular formula is C12H23NO4. The minimum atomic E-state index is -0.838. The Morgan fingerprint density at radius 1 is 1.24 bits per heavy atom. The molecule has 5 heteroatoms. The summed E-state index contributed by atoms with van der Waals surface area (Å²) >= 11 is 0. The first-order valence-corrected chi connectivity index (χ1v) is 5.97. The van der Waals surface area contributed by atoms with Crippen LogP contribution in [0.1, 0.15) is 40.5 Å². The van der Waals surface area contributed by atoms with Crippen molar-refractivity contribution < 1.29 is 19.4 Å². The maximum absolute atomic E-state index is 11.2. The topological polar surface area (TPSA) is 75.6 Å². The summed E-state index contributed by atoms with van der Waals surface area (Å²) in [6, 6.07) is 0. The highest BCUT2D eigenvalue weighted by molar-refractivity contribution is 5.68. The van der Waals surface area contributed by atoms with E-state index in [0.29, 0.717) is 12.5 Å². The molecule has 0 aliphatic heterocycles. The average Bonchev–Trinajstić information content (AvgIpc) is 2.11. The van der Waals surface area contributed by atoms with Gasteiger partial charge in [0.25, 0.3) is 0 Å². The van der Waals surface area contributed by atoms with Gasteiger partial charge < -0.3 is 15.2 Å². The summed E-state index contributed by atoms with van der Waals surface area (Å²) in [6.45, 7) is 7.93. The van der Waals surface area contributed by atoms with Crippen molar-refractivity contribution >= 4 is 12.1 Å². The van der Waals surface area contributed by atoms with E-state index in [2.05, 4.69) is 5.32 Å². The summed E-state index contributed by atoms with van der Waals surface area (Å²) in [5, 5.41) is 11.4. The minimum Gasteiger partial charge on any atom is -0.481 e. The van der Waals surface area contributed by atoms with E-state index < -0.39 is 12.1 Å². The molecule has 0 heterocycles. The molecule has 0 aliphatic rings. The van der Waals surface area contributed by atoms with Crippen LogP contribution in [0.4, 0.5) is 4.79 Å². The predicted molar refractivity (Wildman–Crippen MR) is 64.8 cm³/mol. The number of carboxylic acids is 1. The van der Waals surface area contributed by atoms with Gasteiger partial charge in [0.1, 0.15) is 0 Å². The molecule has 0 fully saturated rings. The van der Waals surface area contributed by atoms with Crippen LogP contribution in [-0.4, -0.2) is 29.8 Å². The lowest BCUT2D eigenvalue weighted by Crippen LogP contribution is -2.32. The smallest absolute Gasteiger partial charge is 0.407 e. The molecule has 0 radical (unpaired) electrons. The van der Waals surface area contributed by atoms with E-state index in [1.807, 2.05) is 13.8 Å². The van der Waals surface area contributed by atoms with Crippen molar-refractivity contribution in [1.82, 2.24) is 5.32 Å². The molecule has 17 heavy (non-hydrogen) atoms. The van der Waals surface area contributed by atoms with Gasteiger partial charge in [-0.1, -0.05) is 13.8 Å². The Bertz CT molecular complexity index is 251. The normalized spacial score (nSPS) is 12.6. The number of hydrogen-bond acceptors (Lipinski definition) is 3. The minimum absolute atomic E-state index is 0.0489. The molecule has 0 aliphatic carbocycles.